The van der Waals surface area contributed by atoms with Crippen molar-refractivity contribution in [2.45, 2.75) is 38.5 Å². The molecule has 0 aliphatic heterocycles. The van der Waals surface area contributed by atoms with Crippen molar-refractivity contribution < 1.29 is 42.7 Å². The summed E-state index contributed by atoms with van der Waals surface area (Å²) in [5, 5.41) is 0. The van der Waals surface area contributed by atoms with Gasteiger partial charge < -0.3 is 38.0 Å². The molecular weight excluding hydrogens is 432 g/mol. The monoisotopic (exact) mass is 478 g/mol. The molecule has 0 N–H and O–H groups in total. The van der Waals surface area contributed by atoms with Gasteiger partial charge in [-0.3, -0.25) is 4.79 Å². The molecule has 0 saturated heterocycles. The predicted molar refractivity (Wildman–Crippen MR) is 124 cm³/mol. The number of rotatable bonds is 25. The van der Waals surface area contributed by atoms with E-state index in [9.17, 15) is 9.59 Å². The minimum absolute atomic E-state index is 0.0190. The van der Waals surface area contributed by atoms with Crippen LogP contribution >= 0.6 is 0 Å². The van der Waals surface area contributed by atoms with E-state index in [0.717, 1.165) is 19.1 Å². The van der Waals surface area contributed by atoms with Crippen molar-refractivity contribution in [1.29, 1.82) is 0 Å². The molecular formula is C24H46O9. The highest BCUT2D eigenvalue weighted by molar-refractivity contribution is 5.69. The summed E-state index contributed by atoms with van der Waals surface area (Å²) in [5.41, 5.74) is 0. The van der Waals surface area contributed by atoms with Gasteiger partial charge in [-0.1, -0.05) is 0 Å². The first-order valence-electron chi connectivity index (χ1n) is 11.8. The second-order valence-corrected chi connectivity index (χ2v) is 8.21. The van der Waals surface area contributed by atoms with Gasteiger partial charge in [0.05, 0.1) is 39.6 Å². The Kier molecular flexibility index (Phi) is 23.2. The largest absolute Gasteiger partial charge is 0.465 e. The second kappa shape index (κ2) is 24.0. The molecule has 0 rings (SSSR count). The second-order valence-electron chi connectivity index (χ2n) is 8.21. The lowest BCUT2D eigenvalue weighted by atomic mass is 10.1. The number of hydrogen-bond donors (Lipinski definition) is 0. The van der Waals surface area contributed by atoms with Gasteiger partial charge >= 0.3 is 5.97 Å². The number of ether oxygens (including phenoxy) is 7. The summed E-state index contributed by atoms with van der Waals surface area (Å²) >= 11 is 0. The van der Waals surface area contributed by atoms with Gasteiger partial charge in [-0.05, 0) is 25.7 Å². The Hall–Kier alpha value is -1.10. The molecule has 0 aliphatic rings. The van der Waals surface area contributed by atoms with Crippen LogP contribution in [0.4, 0.5) is 0 Å². The first kappa shape index (κ1) is 31.9. The lowest BCUT2D eigenvalue weighted by molar-refractivity contribution is -0.146. The molecule has 33 heavy (non-hydrogen) atoms. The van der Waals surface area contributed by atoms with Gasteiger partial charge in [-0.25, -0.2) is 0 Å². The minimum atomic E-state index is -0.292. The van der Waals surface area contributed by atoms with E-state index in [-0.39, 0.29) is 36.8 Å². The van der Waals surface area contributed by atoms with Crippen molar-refractivity contribution in [3.05, 3.63) is 0 Å². The van der Waals surface area contributed by atoms with Gasteiger partial charge in [0.2, 0.25) is 0 Å². The van der Waals surface area contributed by atoms with Gasteiger partial charge in [0.1, 0.15) is 6.29 Å². The highest BCUT2D eigenvalue weighted by atomic mass is 16.5. The average molecular weight is 479 g/mol. The van der Waals surface area contributed by atoms with Crippen LogP contribution in [0.1, 0.15) is 38.5 Å². The molecule has 0 saturated carbocycles. The third kappa shape index (κ3) is 20.0. The van der Waals surface area contributed by atoms with Crippen LogP contribution in [-0.4, -0.2) is 100 Å². The van der Waals surface area contributed by atoms with Crippen molar-refractivity contribution in [3.8, 4) is 0 Å². The zero-order valence-electron chi connectivity index (χ0n) is 21.1. The summed E-state index contributed by atoms with van der Waals surface area (Å²) in [6.07, 6.45) is 4.36. The molecule has 196 valence electrons. The summed E-state index contributed by atoms with van der Waals surface area (Å²) in [6.45, 7) is 4.94. The highest BCUT2D eigenvalue weighted by Gasteiger charge is 2.16. The fourth-order valence-electron chi connectivity index (χ4n) is 3.20. The van der Waals surface area contributed by atoms with Crippen LogP contribution in [-0.2, 0) is 42.7 Å². The molecule has 0 aromatic carbocycles. The van der Waals surface area contributed by atoms with E-state index in [0.29, 0.717) is 72.1 Å². The van der Waals surface area contributed by atoms with Crippen molar-refractivity contribution in [3.63, 3.8) is 0 Å². The number of aldehydes is 1. The summed E-state index contributed by atoms with van der Waals surface area (Å²) < 4.78 is 38.1. The maximum absolute atomic E-state index is 11.9. The first-order valence-corrected chi connectivity index (χ1v) is 11.8. The molecule has 0 heterocycles. The number of carbonyl (C=O) groups excluding carboxylic acids is 2. The molecule has 3 unspecified atom stereocenters. The van der Waals surface area contributed by atoms with Gasteiger partial charge in [0.15, 0.2) is 0 Å². The highest BCUT2D eigenvalue weighted by Crippen LogP contribution is 2.12. The van der Waals surface area contributed by atoms with Gasteiger partial charge in [0.25, 0.3) is 0 Å². The molecule has 0 amide bonds. The Labute approximate surface area is 199 Å². The Balaban J connectivity index is 4.53. The molecule has 0 spiro atoms. The van der Waals surface area contributed by atoms with Crippen LogP contribution in [0.15, 0.2) is 0 Å². The van der Waals surface area contributed by atoms with Crippen LogP contribution in [0.25, 0.3) is 0 Å². The topological polar surface area (TPSA) is 98.8 Å². The number of hydrogen-bond acceptors (Lipinski definition) is 9. The van der Waals surface area contributed by atoms with E-state index in [1.165, 1.54) is 0 Å². The number of carbonyl (C=O) groups is 2. The standard InChI is InChI=1S/C24H46O9/c1-27-12-8-21(15-29-3)17-31-14-10-23(20-33-24(26)7-5-6-11-25)19-32-18-22(16-30-4)9-13-28-2/h11,21-23H,5-10,12-20H2,1-4H3. The number of unbranched alkanes of at least 4 members (excludes halogenated alkanes) is 1. The Bertz CT molecular complexity index is 448. The van der Waals surface area contributed by atoms with E-state index >= 15 is 0 Å². The molecule has 0 bridgehead atoms. The minimum Gasteiger partial charge on any atom is -0.465 e. The summed E-state index contributed by atoms with van der Waals surface area (Å²) in [4.78, 5) is 22.4. The van der Waals surface area contributed by atoms with Gasteiger partial charge in [-0.2, -0.15) is 0 Å². The van der Waals surface area contributed by atoms with Gasteiger partial charge in [0, 0.05) is 78.9 Å². The fourth-order valence-corrected chi connectivity index (χ4v) is 3.20. The van der Waals surface area contributed by atoms with Crippen molar-refractivity contribution in [2.24, 2.45) is 17.8 Å². The lowest BCUT2D eigenvalue weighted by Crippen LogP contribution is -2.25. The fraction of sp³-hybridized carbons (Fsp3) is 0.917. The maximum Gasteiger partial charge on any atom is 0.305 e. The zero-order valence-corrected chi connectivity index (χ0v) is 21.1. The number of esters is 1. The van der Waals surface area contributed by atoms with Crippen molar-refractivity contribution in [2.75, 3.05) is 87.9 Å². The third-order valence-electron chi connectivity index (χ3n) is 5.18. The van der Waals surface area contributed by atoms with Crippen LogP contribution in [0.2, 0.25) is 0 Å². The number of methoxy groups -OCH3 is 4. The molecule has 9 nitrogen and oxygen atoms in total. The summed E-state index contributed by atoms with van der Waals surface area (Å²) in [6, 6.07) is 0. The lowest BCUT2D eigenvalue weighted by Gasteiger charge is -2.21. The van der Waals surface area contributed by atoms with Gasteiger partial charge in [-0.15, -0.1) is 0 Å². The Morgan fingerprint density at radius 3 is 1.70 bits per heavy atom. The van der Waals surface area contributed by atoms with Crippen molar-refractivity contribution >= 4 is 12.3 Å². The molecule has 3 atom stereocenters. The normalized spacial score (nSPS) is 14.1. The molecule has 0 aliphatic carbocycles. The molecule has 9 heteroatoms. The molecule has 0 fully saturated rings. The van der Waals surface area contributed by atoms with Crippen LogP contribution in [0.5, 0.6) is 0 Å². The van der Waals surface area contributed by atoms with Crippen LogP contribution in [0, 0.1) is 17.8 Å². The van der Waals surface area contributed by atoms with Crippen LogP contribution in [0.3, 0.4) is 0 Å². The average Bonchev–Trinajstić information content (AvgIpc) is 2.81. The SMILES string of the molecule is COCCC(COC)COCCC(COCC(CCOC)COC)COC(=O)CCCC=O. The Morgan fingerprint density at radius 1 is 0.667 bits per heavy atom. The summed E-state index contributed by atoms with van der Waals surface area (Å²) in [5.74, 6) is 0.245. The van der Waals surface area contributed by atoms with E-state index in [1.54, 1.807) is 28.4 Å². The molecule has 0 aromatic heterocycles. The van der Waals surface area contributed by atoms with E-state index < -0.39 is 0 Å². The first-order chi connectivity index (χ1) is 16.1. The van der Waals surface area contributed by atoms with E-state index in [2.05, 4.69) is 0 Å². The smallest absolute Gasteiger partial charge is 0.305 e. The molecule has 0 aromatic rings. The van der Waals surface area contributed by atoms with Crippen LogP contribution < -0.4 is 0 Å². The molecule has 0 radical (unpaired) electrons. The maximum atomic E-state index is 11.9. The predicted octanol–water partition coefficient (Wildman–Crippen LogP) is 2.54. The Morgan fingerprint density at radius 2 is 1.18 bits per heavy atom. The third-order valence-corrected chi connectivity index (χ3v) is 5.18. The zero-order chi connectivity index (χ0) is 24.6. The quantitative estimate of drug-likeness (QED) is 0.111. The van der Waals surface area contributed by atoms with E-state index in [1.807, 2.05) is 0 Å². The summed E-state index contributed by atoms with van der Waals surface area (Å²) in [7, 11) is 6.71. The van der Waals surface area contributed by atoms with Crippen molar-refractivity contribution in [1.82, 2.24) is 0 Å². The van der Waals surface area contributed by atoms with E-state index in [4.69, 9.17) is 33.2 Å².